The number of thioether (sulfide) groups is 1. The van der Waals surface area contributed by atoms with E-state index < -0.39 is 0 Å². The van der Waals surface area contributed by atoms with Gasteiger partial charge in [0.05, 0.1) is 0 Å². The molecule has 2 rings (SSSR count). The van der Waals surface area contributed by atoms with Crippen LogP contribution in [0.3, 0.4) is 0 Å². The van der Waals surface area contributed by atoms with E-state index in [1.807, 2.05) is 28.8 Å². The lowest BCUT2D eigenvalue weighted by Crippen LogP contribution is -2.39. The van der Waals surface area contributed by atoms with E-state index in [4.69, 9.17) is 0 Å². The second kappa shape index (κ2) is 5.92. The van der Waals surface area contributed by atoms with Crippen molar-refractivity contribution in [3.8, 4) is 0 Å². The average Bonchev–Trinajstić information content (AvgIpc) is 2.76. The molecule has 4 nitrogen and oxygen atoms in total. The molecular formula is C14H22N4S. The maximum atomic E-state index is 4.23. The number of fused-ring (bicyclic) bond motifs is 1. The van der Waals surface area contributed by atoms with Crippen molar-refractivity contribution in [3.63, 3.8) is 0 Å². The van der Waals surface area contributed by atoms with Crippen LogP contribution in [0.1, 0.15) is 27.7 Å². The Morgan fingerprint density at radius 2 is 2.11 bits per heavy atom. The molecule has 19 heavy (non-hydrogen) atoms. The number of nitrogens with one attached hydrogen (secondary N) is 1. The quantitative estimate of drug-likeness (QED) is 0.854. The summed E-state index contributed by atoms with van der Waals surface area (Å²) in [7, 11) is 0. The van der Waals surface area contributed by atoms with Crippen LogP contribution in [0.4, 0.5) is 0 Å². The largest absolute Gasteiger partial charge is 0.312 e. The van der Waals surface area contributed by atoms with Gasteiger partial charge in [0.1, 0.15) is 0 Å². The Morgan fingerprint density at radius 1 is 1.32 bits per heavy atom. The van der Waals surface area contributed by atoms with Gasteiger partial charge in [0.2, 0.25) is 0 Å². The third-order valence-electron chi connectivity index (χ3n) is 2.76. The van der Waals surface area contributed by atoms with Crippen LogP contribution in [0.25, 0.3) is 5.65 Å². The van der Waals surface area contributed by atoms with Crippen LogP contribution in [0.15, 0.2) is 29.6 Å². The second-order valence-electron chi connectivity index (χ2n) is 5.96. The Balaban J connectivity index is 1.88. The van der Waals surface area contributed by atoms with Gasteiger partial charge in [0.15, 0.2) is 10.8 Å². The standard InChI is InChI=1S/C14H22N4S/c1-11(9-15-14(2,3)4)10-19-13-17-16-12-7-5-6-8-18(12)13/h5-8,11,15H,9-10H2,1-4H3. The predicted molar refractivity (Wildman–Crippen MR) is 80.6 cm³/mol. The molecule has 0 amide bonds. The van der Waals surface area contributed by atoms with E-state index in [0.29, 0.717) is 5.92 Å². The Kier molecular flexibility index (Phi) is 4.47. The summed E-state index contributed by atoms with van der Waals surface area (Å²) in [4.78, 5) is 0. The van der Waals surface area contributed by atoms with Crippen molar-refractivity contribution in [2.45, 2.75) is 38.4 Å². The Bertz CT molecular complexity index is 529. The molecule has 0 aliphatic rings. The molecule has 0 aromatic carbocycles. The van der Waals surface area contributed by atoms with Crippen molar-refractivity contribution >= 4 is 17.4 Å². The molecule has 104 valence electrons. The van der Waals surface area contributed by atoms with Crippen molar-refractivity contribution in [1.29, 1.82) is 0 Å². The van der Waals surface area contributed by atoms with E-state index >= 15 is 0 Å². The first-order valence-corrected chi connectivity index (χ1v) is 7.62. The topological polar surface area (TPSA) is 42.2 Å². The lowest BCUT2D eigenvalue weighted by molar-refractivity contribution is 0.395. The number of aromatic nitrogens is 3. The van der Waals surface area contributed by atoms with Gasteiger partial charge in [-0.1, -0.05) is 24.8 Å². The second-order valence-corrected chi connectivity index (χ2v) is 6.95. The molecule has 0 saturated heterocycles. The van der Waals surface area contributed by atoms with Crippen molar-refractivity contribution < 1.29 is 0 Å². The molecule has 1 atom stereocenters. The molecule has 0 bridgehead atoms. The minimum absolute atomic E-state index is 0.181. The predicted octanol–water partition coefficient (Wildman–Crippen LogP) is 2.85. The minimum Gasteiger partial charge on any atom is -0.312 e. The van der Waals surface area contributed by atoms with E-state index in [9.17, 15) is 0 Å². The fourth-order valence-corrected chi connectivity index (χ4v) is 2.62. The van der Waals surface area contributed by atoms with E-state index in [1.165, 1.54) is 0 Å². The zero-order valence-electron chi connectivity index (χ0n) is 12.1. The van der Waals surface area contributed by atoms with Crippen molar-refractivity contribution in [2.75, 3.05) is 12.3 Å². The Hall–Kier alpha value is -1.07. The zero-order chi connectivity index (χ0) is 13.9. The number of rotatable bonds is 5. The van der Waals surface area contributed by atoms with E-state index in [2.05, 4.69) is 43.2 Å². The van der Waals surface area contributed by atoms with Crippen LogP contribution in [0.2, 0.25) is 0 Å². The highest BCUT2D eigenvalue weighted by molar-refractivity contribution is 7.99. The molecule has 0 saturated carbocycles. The fraction of sp³-hybridized carbons (Fsp3) is 0.571. The highest BCUT2D eigenvalue weighted by Crippen LogP contribution is 2.19. The normalized spacial score (nSPS) is 13.9. The molecule has 0 aliphatic carbocycles. The van der Waals surface area contributed by atoms with Gasteiger partial charge >= 0.3 is 0 Å². The number of hydrogen-bond donors (Lipinski definition) is 1. The first kappa shape index (κ1) is 14.3. The highest BCUT2D eigenvalue weighted by atomic mass is 32.2. The van der Waals surface area contributed by atoms with Crippen LogP contribution >= 0.6 is 11.8 Å². The van der Waals surface area contributed by atoms with E-state index in [0.717, 1.165) is 23.1 Å². The maximum Gasteiger partial charge on any atom is 0.195 e. The number of nitrogens with zero attached hydrogens (tertiary/aromatic N) is 3. The van der Waals surface area contributed by atoms with Crippen LogP contribution in [-0.4, -0.2) is 32.4 Å². The van der Waals surface area contributed by atoms with Crippen LogP contribution in [-0.2, 0) is 0 Å². The molecular weight excluding hydrogens is 256 g/mol. The SMILES string of the molecule is CC(CNC(C)(C)C)CSc1nnc2ccccn12. The first-order chi connectivity index (χ1) is 8.96. The van der Waals surface area contributed by atoms with Gasteiger partial charge in [-0.2, -0.15) is 0 Å². The Labute approximate surface area is 119 Å². The molecule has 0 aliphatic heterocycles. The van der Waals surface area contributed by atoms with Gasteiger partial charge in [-0.15, -0.1) is 10.2 Å². The summed E-state index contributed by atoms with van der Waals surface area (Å²) in [6, 6.07) is 5.96. The van der Waals surface area contributed by atoms with E-state index in [-0.39, 0.29) is 5.54 Å². The van der Waals surface area contributed by atoms with Crippen LogP contribution in [0, 0.1) is 5.92 Å². The fourth-order valence-electron chi connectivity index (χ4n) is 1.67. The van der Waals surface area contributed by atoms with Crippen LogP contribution < -0.4 is 5.32 Å². The monoisotopic (exact) mass is 278 g/mol. The molecule has 2 aromatic heterocycles. The number of hydrogen-bond acceptors (Lipinski definition) is 4. The molecule has 1 unspecified atom stereocenters. The average molecular weight is 278 g/mol. The molecule has 2 aromatic rings. The lowest BCUT2D eigenvalue weighted by atomic mass is 10.1. The molecule has 1 N–H and O–H groups in total. The molecule has 0 fully saturated rings. The summed E-state index contributed by atoms with van der Waals surface area (Å²) in [6.45, 7) is 9.86. The van der Waals surface area contributed by atoms with Gasteiger partial charge in [0, 0.05) is 17.5 Å². The summed E-state index contributed by atoms with van der Waals surface area (Å²) in [6.07, 6.45) is 2.01. The first-order valence-electron chi connectivity index (χ1n) is 6.63. The molecule has 0 radical (unpaired) electrons. The third kappa shape index (κ3) is 4.21. The number of pyridine rings is 1. The maximum absolute atomic E-state index is 4.23. The minimum atomic E-state index is 0.181. The van der Waals surface area contributed by atoms with E-state index in [1.54, 1.807) is 11.8 Å². The van der Waals surface area contributed by atoms with Crippen LogP contribution in [0.5, 0.6) is 0 Å². The van der Waals surface area contributed by atoms with Gasteiger partial charge in [-0.3, -0.25) is 4.40 Å². The Morgan fingerprint density at radius 3 is 2.84 bits per heavy atom. The summed E-state index contributed by atoms with van der Waals surface area (Å²) in [5, 5.41) is 12.9. The van der Waals surface area contributed by atoms with Crippen molar-refractivity contribution in [1.82, 2.24) is 19.9 Å². The zero-order valence-corrected chi connectivity index (χ0v) is 12.9. The van der Waals surface area contributed by atoms with Crippen molar-refractivity contribution in [2.24, 2.45) is 5.92 Å². The van der Waals surface area contributed by atoms with Gasteiger partial charge in [-0.25, -0.2) is 0 Å². The van der Waals surface area contributed by atoms with Gasteiger partial charge < -0.3 is 5.32 Å². The summed E-state index contributed by atoms with van der Waals surface area (Å²) in [5.74, 6) is 1.64. The molecule has 2 heterocycles. The highest BCUT2D eigenvalue weighted by Gasteiger charge is 2.12. The molecule has 0 spiro atoms. The van der Waals surface area contributed by atoms with Crippen molar-refractivity contribution in [3.05, 3.63) is 24.4 Å². The summed E-state index contributed by atoms with van der Waals surface area (Å²) >= 11 is 1.76. The van der Waals surface area contributed by atoms with Gasteiger partial charge in [0.25, 0.3) is 0 Å². The summed E-state index contributed by atoms with van der Waals surface area (Å²) in [5.41, 5.74) is 1.09. The lowest BCUT2D eigenvalue weighted by Gasteiger charge is -2.23. The smallest absolute Gasteiger partial charge is 0.195 e. The summed E-state index contributed by atoms with van der Waals surface area (Å²) < 4.78 is 2.04. The third-order valence-corrected chi connectivity index (χ3v) is 4.03. The molecule has 5 heteroatoms. The van der Waals surface area contributed by atoms with Gasteiger partial charge in [-0.05, 0) is 45.4 Å².